The molecule has 15 heteroatoms. The summed E-state index contributed by atoms with van der Waals surface area (Å²) >= 11 is 0. The lowest BCUT2D eigenvalue weighted by atomic mass is 9.91. The van der Waals surface area contributed by atoms with Crippen molar-refractivity contribution in [2.45, 2.75) is 44.2 Å². The summed E-state index contributed by atoms with van der Waals surface area (Å²) in [5, 5.41) is 2.24. The second-order valence-electron chi connectivity index (χ2n) is 14.4. The van der Waals surface area contributed by atoms with E-state index in [1.807, 2.05) is 4.90 Å². The van der Waals surface area contributed by atoms with E-state index in [0.29, 0.717) is 45.9 Å². The van der Waals surface area contributed by atoms with Crippen LogP contribution in [0.5, 0.6) is 0 Å². The Bertz CT molecular complexity index is 2430. The Hall–Kier alpha value is -6.48. The first-order chi connectivity index (χ1) is 26.3. The normalized spacial score (nSPS) is 20.3. The van der Waals surface area contributed by atoms with Crippen LogP contribution in [0.1, 0.15) is 73.5 Å². The van der Waals surface area contributed by atoms with Crippen molar-refractivity contribution in [3.05, 3.63) is 82.9 Å². The number of hydrogen-bond acceptors (Lipinski definition) is 11. The van der Waals surface area contributed by atoms with E-state index < -0.39 is 59.3 Å². The quantitative estimate of drug-likeness (QED) is 0.188. The Morgan fingerprint density at radius 2 is 1.02 bits per heavy atom. The van der Waals surface area contributed by atoms with Gasteiger partial charge in [-0.2, -0.15) is 0 Å². The van der Waals surface area contributed by atoms with Gasteiger partial charge in [-0.15, -0.1) is 0 Å². The number of likely N-dealkylation sites (N-methyl/N-ethyl adjacent to an activating group) is 1. The van der Waals surface area contributed by atoms with Gasteiger partial charge in [0.05, 0.1) is 11.1 Å². The van der Waals surface area contributed by atoms with Gasteiger partial charge in [0.25, 0.3) is 35.4 Å². The van der Waals surface area contributed by atoms with Crippen molar-refractivity contribution < 1.29 is 38.4 Å². The number of amides is 8. The first-order valence-electron chi connectivity index (χ1n) is 18.1. The molecule has 2 fully saturated rings. The molecule has 0 aromatic heterocycles. The zero-order valence-electron chi connectivity index (χ0n) is 29.9. The van der Waals surface area contributed by atoms with Crippen LogP contribution >= 0.6 is 0 Å². The fourth-order valence-electron chi connectivity index (χ4n) is 8.34. The molecule has 0 spiro atoms. The predicted molar refractivity (Wildman–Crippen MR) is 199 cm³/mol. The minimum Gasteiger partial charge on any atom is -0.399 e. The molecule has 8 amide bonds. The molecule has 4 heterocycles. The van der Waals surface area contributed by atoms with Crippen LogP contribution in [0, 0.1) is 0 Å². The van der Waals surface area contributed by atoms with Crippen molar-refractivity contribution in [1.82, 2.24) is 24.5 Å². The summed E-state index contributed by atoms with van der Waals surface area (Å²) in [4.78, 5) is 114. The molecule has 2 saturated heterocycles. The average Bonchev–Trinajstić information content (AvgIpc) is 3.15. The molecule has 2 unspecified atom stereocenters. The fraction of sp³-hybridized carbons (Fsp3) is 0.300. The number of nitrogens with two attached hydrogens (primary N) is 2. The molecule has 4 aliphatic heterocycles. The Balaban J connectivity index is 0.898. The lowest BCUT2D eigenvalue weighted by Gasteiger charge is -2.39. The third-order valence-electron chi connectivity index (χ3n) is 11.0. The molecule has 0 bridgehead atoms. The maximum Gasteiger partial charge on any atom is 0.262 e. The number of carbonyl (C=O) groups is 8. The van der Waals surface area contributed by atoms with Gasteiger partial charge in [-0.1, -0.05) is 24.3 Å². The maximum absolute atomic E-state index is 13.8. The van der Waals surface area contributed by atoms with Gasteiger partial charge >= 0.3 is 0 Å². The topological polar surface area (TPSA) is 205 Å². The number of carbonyl (C=O) groups excluding carboxylic acids is 8. The van der Waals surface area contributed by atoms with Gasteiger partial charge < -0.3 is 16.4 Å². The van der Waals surface area contributed by atoms with Crippen LogP contribution in [0.25, 0.3) is 21.5 Å². The highest BCUT2D eigenvalue weighted by Gasteiger charge is 2.47. The second-order valence-corrected chi connectivity index (χ2v) is 14.4. The molecule has 4 aromatic rings. The Kier molecular flexibility index (Phi) is 8.68. The minimum atomic E-state index is -1.17. The van der Waals surface area contributed by atoms with E-state index in [2.05, 4.69) is 0 Å². The van der Waals surface area contributed by atoms with Crippen molar-refractivity contribution in [3.8, 4) is 0 Å². The summed E-state index contributed by atoms with van der Waals surface area (Å²) in [5.41, 5.74) is 13.8. The number of rotatable bonds is 9. The van der Waals surface area contributed by atoms with Gasteiger partial charge in [0.2, 0.25) is 11.8 Å². The lowest BCUT2D eigenvalue weighted by Crippen LogP contribution is -2.59. The summed E-state index contributed by atoms with van der Waals surface area (Å²) < 4.78 is 0. The van der Waals surface area contributed by atoms with Gasteiger partial charge in [0.1, 0.15) is 12.1 Å². The first kappa shape index (κ1) is 35.5. The summed E-state index contributed by atoms with van der Waals surface area (Å²) in [6, 6.07) is 14.1. The third kappa shape index (κ3) is 5.78. The summed E-state index contributed by atoms with van der Waals surface area (Å²) in [6.45, 7) is 0.611. The van der Waals surface area contributed by atoms with Crippen LogP contribution in [0.4, 0.5) is 11.4 Å². The Morgan fingerprint density at radius 1 is 0.582 bits per heavy atom. The van der Waals surface area contributed by atoms with Crippen molar-refractivity contribution >= 4 is 80.2 Å². The molecule has 8 rings (SSSR count). The van der Waals surface area contributed by atoms with Crippen molar-refractivity contribution in [3.63, 3.8) is 0 Å². The number of nitrogens with zero attached hydrogens (tertiary/aromatic N) is 5. The number of hydrogen-bond donors (Lipinski definition) is 2. The van der Waals surface area contributed by atoms with E-state index in [9.17, 15) is 38.4 Å². The molecule has 4 aromatic carbocycles. The van der Waals surface area contributed by atoms with Crippen LogP contribution in [-0.2, 0) is 19.2 Å². The van der Waals surface area contributed by atoms with Crippen LogP contribution in [0.2, 0.25) is 0 Å². The van der Waals surface area contributed by atoms with Crippen LogP contribution < -0.4 is 11.5 Å². The smallest absolute Gasteiger partial charge is 0.262 e. The predicted octanol–water partition coefficient (Wildman–Crippen LogP) is 2.41. The minimum absolute atomic E-state index is 0.00112. The molecular formula is C40H37N7O8. The number of imide groups is 4. The summed E-state index contributed by atoms with van der Waals surface area (Å²) in [6.07, 6.45) is 0.258. The van der Waals surface area contributed by atoms with Crippen molar-refractivity contribution in [2.24, 2.45) is 0 Å². The van der Waals surface area contributed by atoms with Gasteiger partial charge in [-0.05, 0) is 80.0 Å². The van der Waals surface area contributed by atoms with Crippen molar-refractivity contribution in [2.75, 3.05) is 44.7 Å². The van der Waals surface area contributed by atoms with Gasteiger partial charge in [-0.25, -0.2) is 0 Å². The van der Waals surface area contributed by atoms with Gasteiger partial charge in [0, 0.05) is 65.8 Å². The average molecular weight is 744 g/mol. The molecule has 4 N–H and O–H groups in total. The standard InChI is InChI=1S/C40H37N7O8/c1-43(15-16-45-32(49)12-10-30(40(45)55)47-36(51)26-8-3-6-22-18-24(42)20-28(34(22)26)38(47)53)13-4-14-44-31(48)11-9-29(39(44)54)46-35(50)25-7-2-5-21-17-23(41)19-27(33(21)25)37(46)52/h2-3,5-8,17-20,29-30H,4,9-16,41-42H2,1H3. The fourth-order valence-corrected chi connectivity index (χ4v) is 8.34. The largest absolute Gasteiger partial charge is 0.399 e. The Morgan fingerprint density at radius 3 is 1.49 bits per heavy atom. The highest BCUT2D eigenvalue weighted by atomic mass is 16.2. The van der Waals surface area contributed by atoms with E-state index in [4.69, 9.17) is 11.5 Å². The molecule has 0 saturated carbocycles. The maximum atomic E-state index is 13.8. The molecule has 0 radical (unpaired) electrons. The first-order valence-corrected chi connectivity index (χ1v) is 18.1. The second kappa shape index (κ2) is 13.4. The molecule has 280 valence electrons. The molecule has 15 nitrogen and oxygen atoms in total. The number of likely N-dealkylation sites (tertiary alicyclic amines) is 2. The van der Waals surface area contributed by atoms with Crippen LogP contribution in [-0.4, -0.2) is 117 Å². The van der Waals surface area contributed by atoms with E-state index >= 15 is 0 Å². The monoisotopic (exact) mass is 743 g/mol. The van der Waals surface area contributed by atoms with Gasteiger partial charge in [0.15, 0.2) is 0 Å². The number of nitrogen functional groups attached to an aromatic ring is 2. The molecule has 2 atom stereocenters. The highest BCUT2D eigenvalue weighted by molar-refractivity contribution is 6.28. The third-order valence-corrected chi connectivity index (χ3v) is 11.0. The zero-order chi connectivity index (χ0) is 38.9. The number of anilines is 2. The Labute approximate surface area is 314 Å². The molecular weight excluding hydrogens is 706 g/mol. The van der Waals surface area contributed by atoms with E-state index in [0.717, 1.165) is 19.6 Å². The SMILES string of the molecule is CN(CCCN1C(=O)CCC(N2C(=O)c3cccc4cc(N)cc(c34)C2=O)C1=O)CCN1C(=O)CCC(N2C(=O)c3cccc4cc(N)cc(c34)C2=O)C1=O. The van der Waals surface area contributed by atoms with Crippen molar-refractivity contribution in [1.29, 1.82) is 0 Å². The van der Waals surface area contributed by atoms with Crippen LogP contribution in [0.3, 0.4) is 0 Å². The molecule has 55 heavy (non-hydrogen) atoms. The van der Waals surface area contributed by atoms with Crippen LogP contribution in [0.15, 0.2) is 60.7 Å². The highest BCUT2D eigenvalue weighted by Crippen LogP contribution is 2.36. The van der Waals surface area contributed by atoms with E-state index in [1.165, 1.54) is 12.1 Å². The number of benzene rings is 4. The molecule has 0 aliphatic carbocycles. The number of piperidine rings is 2. The van der Waals surface area contributed by atoms with Gasteiger partial charge in [-0.3, -0.25) is 58.0 Å². The van der Waals surface area contributed by atoms with E-state index in [1.54, 1.807) is 55.6 Å². The lowest BCUT2D eigenvalue weighted by molar-refractivity contribution is -0.153. The summed E-state index contributed by atoms with van der Waals surface area (Å²) in [5.74, 6) is -4.62. The zero-order valence-corrected chi connectivity index (χ0v) is 29.9. The van der Waals surface area contributed by atoms with E-state index in [-0.39, 0.29) is 67.6 Å². The molecule has 4 aliphatic rings. The summed E-state index contributed by atoms with van der Waals surface area (Å²) in [7, 11) is 1.76.